The van der Waals surface area contributed by atoms with Gasteiger partial charge in [0.1, 0.15) is 0 Å². The highest BCUT2D eigenvalue weighted by atomic mass is 32.2. The summed E-state index contributed by atoms with van der Waals surface area (Å²) in [5.74, 6) is -0.279. The minimum Gasteiger partial charge on any atom is -0.324 e. The molecule has 8 heteroatoms. The number of hydrogen-bond donors (Lipinski definition) is 2. The second-order valence-corrected chi connectivity index (χ2v) is 8.50. The Balaban J connectivity index is 1.47. The summed E-state index contributed by atoms with van der Waals surface area (Å²) in [4.78, 5) is 12.7. The van der Waals surface area contributed by atoms with Crippen LogP contribution in [0.3, 0.4) is 0 Å². The smallest absolute Gasteiger partial charge is 0.261 e. The van der Waals surface area contributed by atoms with Gasteiger partial charge in [0.2, 0.25) is 5.91 Å². The molecule has 1 aromatic heterocycles. The fraction of sp³-hybridized carbons (Fsp3) is 0.0435. The number of rotatable bonds is 7. The maximum Gasteiger partial charge on any atom is 0.261 e. The van der Waals surface area contributed by atoms with Crippen LogP contribution in [0, 0.1) is 0 Å². The van der Waals surface area contributed by atoms with Crippen molar-refractivity contribution in [1.29, 1.82) is 0 Å². The summed E-state index contributed by atoms with van der Waals surface area (Å²) in [7, 11) is -3.77. The number of benzene rings is 3. The summed E-state index contributed by atoms with van der Waals surface area (Å²) < 4.78 is 29.5. The fourth-order valence-corrected chi connectivity index (χ4v) is 4.14. The first-order valence-corrected chi connectivity index (χ1v) is 11.1. The molecular formula is C23H20N4O3S. The Morgan fingerprint density at radius 2 is 1.45 bits per heavy atom. The number of amides is 1. The number of carbonyl (C=O) groups is 1. The average molecular weight is 433 g/mol. The molecule has 1 heterocycles. The van der Waals surface area contributed by atoms with E-state index >= 15 is 0 Å². The third-order valence-electron chi connectivity index (χ3n) is 4.52. The molecule has 1 amide bonds. The van der Waals surface area contributed by atoms with Crippen molar-refractivity contribution in [3.05, 3.63) is 103 Å². The third-order valence-corrected chi connectivity index (χ3v) is 5.90. The molecule has 0 saturated heterocycles. The lowest BCUT2D eigenvalue weighted by Gasteiger charge is -2.13. The van der Waals surface area contributed by atoms with Gasteiger partial charge in [-0.15, -0.1) is 0 Å². The standard InChI is InChI=1S/C23H20N4O3S/c28-23(15-18-16-24-27(17-18)19-9-3-1-4-10-19)25-21-13-7-8-14-22(21)26-31(29,30)20-11-5-2-6-12-20/h1-14,16-17,26H,15H2,(H,25,28). The van der Waals surface area contributed by atoms with E-state index in [1.54, 1.807) is 59.5 Å². The van der Waals surface area contributed by atoms with E-state index in [9.17, 15) is 13.2 Å². The van der Waals surface area contributed by atoms with Gasteiger partial charge in [-0.3, -0.25) is 9.52 Å². The zero-order valence-corrected chi connectivity index (χ0v) is 17.3. The van der Waals surface area contributed by atoms with E-state index < -0.39 is 10.0 Å². The van der Waals surface area contributed by atoms with Gasteiger partial charge in [0.25, 0.3) is 10.0 Å². The van der Waals surface area contributed by atoms with Gasteiger partial charge in [-0.1, -0.05) is 48.5 Å². The number of aromatic nitrogens is 2. The van der Waals surface area contributed by atoms with E-state index in [2.05, 4.69) is 15.1 Å². The molecule has 0 atom stereocenters. The lowest BCUT2D eigenvalue weighted by atomic mass is 10.2. The number of nitrogens with one attached hydrogen (secondary N) is 2. The molecule has 4 rings (SSSR count). The van der Waals surface area contributed by atoms with Crippen LogP contribution in [0.25, 0.3) is 5.69 Å². The molecule has 2 N–H and O–H groups in total. The molecule has 0 radical (unpaired) electrons. The molecule has 0 aliphatic heterocycles. The van der Waals surface area contributed by atoms with Gasteiger partial charge in [0.05, 0.1) is 34.6 Å². The average Bonchev–Trinajstić information content (AvgIpc) is 3.24. The first-order valence-electron chi connectivity index (χ1n) is 9.57. The summed E-state index contributed by atoms with van der Waals surface area (Å²) in [5, 5.41) is 7.07. The van der Waals surface area contributed by atoms with Gasteiger partial charge in [0.15, 0.2) is 0 Å². The van der Waals surface area contributed by atoms with E-state index in [1.165, 1.54) is 12.1 Å². The summed E-state index contributed by atoms with van der Waals surface area (Å²) in [6.45, 7) is 0. The summed E-state index contributed by atoms with van der Waals surface area (Å²) in [6, 6.07) is 24.3. The molecule has 0 saturated carbocycles. The minimum atomic E-state index is -3.77. The molecule has 0 unspecified atom stereocenters. The van der Waals surface area contributed by atoms with E-state index in [-0.39, 0.29) is 17.2 Å². The molecule has 3 aromatic carbocycles. The van der Waals surface area contributed by atoms with Crippen LogP contribution in [-0.2, 0) is 21.2 Å². The number of anilines is 2. The van der Waals surface area contributed by atoms with Gasteiger partial charge in [-0.25, -0.2) is 13.1 Å². The Bertz CT molecular complexity index is 1290. The van der Waals surface area contributed by atoms with E-state index in [0.29, 0.717) is 11.4 Å². The summed E-state index contributed by atoms with van der Waals surface area (Å²) >= 11 is 0. The molecule has 31 heavy (non-hydrogen) atoms. The van der Waals surface area contributed by atoms with Crippen molar-refractivity contribution in [2.45, 2.75) is 11.3 Å². The zero-order valence-electron chi connectivity index (χ0n) is 16.5. The molecule has 0 fully saturated rings. The monoisotopic (exact) mass is 432 g/mol. The van der Waals surface area contributed by atoms with Crippen LogP contribution in [0.4, 0.5) is 11.4 Å². The predicted octanol–water partition coefficient (Wildman–Crippen LogP) is 3.85. The second-order valence-electron chi connectivity index (χ2n) is 6.82. The maximum absolute atomic E-state index is 12.6. The topological polar surface area (TPSA) is 93.1 Å². The number of nitrogens with zero attached hydrogens (tertiary/aromatic N) is 2. The lowest BCUT2D eigenvalue weighted by Crippen LogP contribution is -2.18. The summed E-state index contributed by atoms with van der Waals surface area (Å²) in [5.41, 5.74) is 2.31. The number of hydrogen-bond acceptors (Lipinski definition) is 4. The highest BCUT2D eigenvalue weighted by molar-refractivity contribution is 7.92. The van der Waals surface area contributed by atoms with Crippen LogP contribution in [0.2, 0.25) is 0 Å². The van der Waals surface area contributed by atoms with Crippen molar-refractivity contribution < 1.29 is 13.2 Å². The lowest BCUT2D eigenvalue weighted by molar-refractivity contribution is -0.115. The van der Waals surface area contributed by atoms with E-state index in [4.69, 9.17) is 0 Å². The second kappa shape index (κ2) is 8.85. The van der Waals surface area contributed by atoms with Crippen LogP contribution >= 0.6 is 0 Å². The van der Waals surface area contributed by atoms with Crippen molar-refractivity contribution >= 4 is 27.3 Å². The van der Waals surface area contributed by atoms with Crippen molar-refractivity contribution in [1.82, 2.24) is 9.78 Å². The fourth-order valence-electron chi connectivity index (χ4n) is 3.04. The number of carbonyl (C=O) groups excluding carboxylic acids is 1. The van der Waals surface area contributed by atoms with Crippen LogP contribution in [0.5, 0.6) is 0 Å². The SMILES string of the molecule is O=C(Cc1cnn(-c2ccccc2)c1)Nc1ccccc1NS(=O)(=O)c1ccccc1. The Labute approximate surface area is 180 Å². The molecule has 156 valence electrons. The predicted molar refractivity (Wildman–Crippen MR) is 120 cm³/mol. The Morgan fingerprint density at radius 1 is 0.839 bits per heavy atom. The van der Waals surface area contributed by atoms with Crippen LogP contribution in [-0.4, -0.2) is 24.1 Å². The van der Waals surface area contributed by atoms with Crippen molar-refractivity contribution in [2.24, 2.45) is 0 Å². The van der Waals surface area contributed by atoms with Gasteiger partial charge < -0.3 is 5.32 Å². The summed E-state index contributed by atoms with van der Waals surface area (Å²) in [6.07, 6.45) is 3.53. The van der Waals surface area contributed by atoms with Crippen LogP contribution in [0.1, 0.15) is 5.56 Å². The molecule has 4 aromatic rings. The van der Waals surface area contributed by atoms with Gasteiger partial charge in [-0.2, -0.15) is 5.10 Å². The van der Waals surface area contributed by atoms with E-state index in [0.717, 1.165) is 11.3 Å². The normalized spacial score (nSPS) is 11.1. The first kappa shape index (κ1) is 20.4. The highest BCUT2D eigenvalue weighted by Gasteiger charge is 2.16. The number of sulfonamides is 1. The van der Waals surface area contributed by atoms with Crippen molar-refractivity contribution in [2.75, 3.05) is 10.0 Å². The Hall–Kier alpha value is -3.91. The van der Waals surface area contributed by atoms with Gasteiger partial charge in [-0.05, 0) is 42.0 Å². The Kier molecular flexibility index (Phi) is 5.81. The molecular weight excluding hydrogens is 412 g/mol. The largest absolute Gasteiger partial charge is 0.324 e. The first-order chi connectivity index (χ1) is 15.0. The quantitative estimate of drug-likeness (QED) is 0.464. The molecule has 0 spiro atoms. The zero-order chi connectivity index (χ0) is 21.7. The van der Waals surface area contributed by atoms with Crippen LogP contribution < -0.4 is 10.0 Å². The van der Waals surface area contributed by atoms with Gasteiger partial charge in [0, 0.05) is 6.20 Å². The van der Waals surface area contributed by atoms with Crippen molar-refractivity contribution in [3.63, 3.8) is 0 Å². The molecule has 7 nitrogen and oxygen atoms in total. The van der Waals surface area contributed by atoms with Crippen molar-refractivity contribution in [3.8, 4) is 5.69 Å². The third kappa shape index (κ3) is 4.99. The van der Waals surface area contributed by atoms with Gasteiger partial charge >= 0.3 is 0 Å². The molecule has 0 aliphatic rings. The molecule has 0 bridgehead atoms. The minimum absolute atomic E-state index is 0.104. The highest BCUT2D eigenvalue weighted by Crippen LogP contribution is 2.24. The maximum atomic E-state index is 12.6. The Morgan fingerprint density at radius 3 is 2.16 bits per heavy atom. The van der Waals surface area contributed by atoms with Crippen LogP contribution in [0.15, 0.2) is 102 Å². The van der Waals surface area contributed by atoms with E-state index in [1.807, 2.05) is 30.3 Å². The number of para-hydroxylation sites is 3. The molecule has 0 aliphatic carbocycles.